The first-order valence-electron chi connectivity index (χ1n) is 9.06. The lowest BCUT2D eigenvalue weighted by molar-refractivity contribution is -0.131. The van der Waals surface area contributed by atoms with Crippen LogP contribution in [0.15, 0.2) is 60.9 Å². The zero-order valence-electron chi connectivity index (χ0n) is 15.1. The van der Waals surface area contributed by atoms with Crippen molar-refractivity contribution in [2.45, 2.75) is 39.2 Å². The summed E-state index contributed by atoms with van der Waals surface area (Å²) in [4.78, 5) is 14.8. The van der Waals surface area contributed by atoms with Crippen molar-refractivity contribution in [1.82, 2.24) is 9.55 Å². The van der Waals surface area contributed by atoms with E-state index in [0.29, 0.717) is 0 Å². The number of aliphatic carboxylic acids is 1. The minimum atomic E-state index is -0.875. The molecule has 4 nitrogen and oxygen atoms in total. The Hall–Kier alpha value is -2.88. The van der Waals surface area contributed by atoms with Crippen LogP contribution in [0.4, 0.5) is 0 Å². The third kappa shape index (κ3) is 4.02. The predicted octanol–water partition coefficient (Wildman–Crippen LogP) is 5.21. The van der Waals surface area contributed by atoms with Crippen molar-refractivity contribution in [3.8, 4) is 11.3 Å². The number of rotatable bonds is 8. The molecule has 4 heteroatoms. The van der Waals surface area contributed by atoms with Gasteiger partial charge in [-0.1, -0.05) is 30.7 Å². The van der Waals surface area contributed by atoms with Gasteiger partial charge in [-0.2, -0.15) is 0 Å². The number of carboxylic acids is 1. The molecule has 2 heterocycles. The molecule has 134 valence electrons. The number of carboxylic acid groups (broad SMARTS) is 1. The van der Waals surface area contributed by atoms with Crippen LogP contribution in [0.3, 0.4) is 0 Å². The van der Waals surface area contributed by atoms with Crippen LogP contribution < -0.4 is 0 Å². The number of pyridine rings is 1. The molecular weight excluding hydrogens is 324 g/mol. The Labute approximate surface area is 153 Å². The van der Waals surface area contributed by atoms with E-state index in [4.69, 9.17) is 5.11 Å². The maximum absolute atomic E-state index is 10.5. The number of carbonyl (C=O) groups is 1. The van der Waals surface area contributed by atoms with Crippen molar-refractivity contribution in [2.75, 3.05) is 0 Å². The highest BCUT2D eigenvalue weighted by atomic mass is 16.4. The highest BCUT2D eigenvalue weighted by molar-refractivity contribution is 5.91. The molecule has 0 spiro atoms. The van der Waals surface area contributed by atoms with Gasteiger partial charge in [0, 0.05) is 41.5 Å². The van der Waals surface area contributed by atoms with Crippen molar-refractivity contribution in [1.29, 1.82) is 0 Å². The van der Waals surface area contributed by atoms with Crippen LogP contribution in [-0.4, -0.2) is 20.6 Å². The fourth-order valence-corrected chi connectivity index (χ4v) is 3.48. The number of hydrogen-bond acceptors (Lipinski definition) is 2. The smallest absolute Gasteiger partial charge is 0.327 e. The van der Waals surface area contributed by atoms with Crippen molar-refractivity contribution < 1.29 is 9.90 Å². The van der Waals surface area contributed by atoms with Gasteiger partial charge in [0.1, 0.15) is 0 Å². The molecule has 0 unspecified atom stereocenters. The van der Waals surface area contributed by atoms with Gasteiger partial charge >= 0.3 is 5.97 Å². The Balaban J connectivity index is 1.78. The Morgan fingerprint density at radius 1 is 1.15 bits per heavy atom. The van der Waals surface area contributed by atoms with Crippen LogP contribution >= 0.6 is 0 Å². The lowest BCUT2D eigenvalue weighted by atomic mass is 10.1. The van der Waals surface area contributed by atoms with Crippen molar-refractivity contribution in [3.63, 3.8) is 0 Å². The fraction of sp³-hybridized carbons (Fsp3) is 0.273. The van der Waals surface area contributed by atoms with E-state index in [1.54, 1.807) is 12.3 Å². The summed E-state index contributed by atoms with van der Waals surface area (Å²) in [5.74, 6) is -0.875. The molecule has 0 radical (unpaired) electrons. The molecule has 26 heavy (non-hydrogen) atoms. The van der Waals surface area contributed by atoms with Gasteiger partial charge in [-0.05, 0) is 49.9 Å². The fourth-order valence-electron chi connectivity index (χ4n) is 3.48. The quantitative estimate of drug-likeness (QED) is 0.449. The Kier molecular flexibility index (Phi) is 5.84. The van der Waals surface area contributed by atoms with Gasteiger partial charge in [-0.3, -0.25) is 4.98 Å². The molecule has 0 aliphatic heterocycles. The van der Waals surface area contributed by atoms with Gasteiger partial charge in [0.05, 0.1) is 5.69 Å². The van der Waals surface area contributed by atoms with E-state index in [2.05, 4.69) is 46.8 Å². The minimum absolute atomic E-state index is 0.813. The number of benzene rings is 1. The zero-order valence-corrected chi connectivity index (χ0v) is 15.1. The topological polar surface area (TPSA) is 55.1 Å². The molecule has 3 rings (SSSR count). The molecule has 0 saturated carbocycles. The van der Waals surface area contributed by atoms with Crippen LogP contribution in [0.2, 0.25) is 0 Å². The molecule has 0 aliphatic carbocycles. The standard InChI is InChI=1S/C22H24N2O2/c1-17-19-11-6-7-12-20(19)24(22(17)18-10-9-14-23-16-18)15-8-4-2-3-5-13-21(25)26/h5-7,9-14,16H,2-4,8,15H2,1H3,(H,25,26)/b13-5+. The lowest BCUT2D eigenvalue weighted by Crippen LogP contribution is -2.01. The number of unbranched alkanes of at least 4 members (excludes halogenated alkanes) is 3. The number of nitrogens with zero attached hydrogens (tertiary/aromatic N) is 2. The number of allylic oxidation sites excluding steroid dienone is 1. The largest absolute Gasteiger partial charge is 0.478 e. The second kappa shape index (κ2) is 8.48. The minimum Gasteiger partial charge on any atom is -0.478 e. The Bertz CT molecular complexity index is 911. The molecule has 0 atom stereocenters. The summed E-state index contributed by atoms with van der Waals surface area (Å²) in [6.07, 6.45) is 10.6. The van der Waals surface area contributed by atoms with Gasteiger partial charge in [0.15, 0.2) is 0 Å². The first-order chi connectivity index (χ1) is 12.7. The van der Waals surface area contributed by atoms with E-state index in [1.165, 1.54) is 28.2 Å². The second-order valence-corrected chi connectivity index (χ2v) is 6.47. The Morgan fingerprint density at radius 3 is 2.77 bits per heavy atom. The number of hydrogen-bond donors (Lipinski definition) is 1. The summed E-state index contributed by atoms with van der Waals surface area (Å²) in [6.45, 7) is 3.12. The van der Waals surface area contributed by atoms with E-state index in [-0.39, 0.29) is 0 Å². The average Bonchev–Trinajstić information content (AvgIpc) is 2.94. The summed E-state index contributed by atoms with van der Waals surface area (Å²) in [5, 5.41) is 9.90. The first-order valence-corrected chi connectivity index (χ1v) is 9.06. The van der Waals surface area contributed by atoms with Crippen molar-refractivity contribution >= 4 is 16.9 Å². The summed E-state index contributed by atoms with van der Waals surface area (Å²) in [6, 6.07) is 12.6. The third-order valence-electron chi connectivity index (χ3n) is 4.67. The molecule has 1 aromatic carbocycles. The van der Waals surface area contributed by atoms with Crippen LogP contribution in [0.5, 0.6) is 0 Å². The van der Waals surface area contributed by atoms with Gasteiger partial charge < -0.3 is 9.67 Å². The van der Waals surface area contributed by atoms with Gasteiger partial charge in [0.25, 0.3) is 0 Å². The normalized spacial score (nSPS) is 11.4. The number of fused-ring (bicyclic) bond motifs is 1. The van der Waals surface area contributed by atoms with Gasteiger partial charge in [-0.15, -0.1) is 0 Å². The monoisotopic (exact) mass is 348 g/mol. The molecule has 0 amide bonds. The molecule has 0 aliphatic rings. The molecule has 2 aromatic heterocycles. The number of aryl methyl sites for hydroxylation is 2. The maximum atomic E-state index is 10.5. The van der Waals surface area contributed by atoms with E-state index >= 15 is 0 Å². The summed E-state index contributed by atoms with van der Waals surface area (Å²) in [7, 11) is 0. The zero-order chi connectivity index (χ0) is 18.4. The van der Waals surface area contributed by atoms with Crippen LogP contribution in [0, 0.1) is 6.92 Å². The lowest BCUT2D eigenvalue weighted by Gasteiger charge is -2.11. The van der Waals surface area contributed by atoms with E-state index in [1.807, 2.05) is 12.3 Å². The number of para-hydroxylation sites is 1. The van der Waals surface area contributed by atoms with E-state index in [9.17, 15) is 4.79 Å². The van der Waals surface area contributed by atoms with Crippen molar-refractivity contribution in [3.05, 3.63) is 66.5 Å². The Morgan fingerprint density at radius 2 is 2.00 bits per heavy atom. The van der Waals surface area contributed by atoms with Crippen LogP contribution in [-0.2, 0) is 11.3 Å². The van der Waals surface area contributed by atoms with Gasteiger partial charge in [-0.25, -0.2) is 4.79 Å². The summed E-state index contributed by atoms with van der Waals surface area (Å²) >= 11 is 0. The molecule has 0 fully saturated rings. The molecule has 0 bridgehead atoms. The highest BCUT2D eigenvalue weighted by Gasteiger charge is 2.15. The van der Waals surface area contributed by atoms with Crippen LogP contribution in [0.1, 0.15) is 31.2 Å². The average molecular weight is 348 g/mol. The maximum Gasteiger partial charge on any atom is 0.327 e. The summed E-state index contributed by atoms with van der Waals surface area (Å²) in [5.41, 5.74) is 4.93. The number of aromatic nitrogens is 2. The predicted molar refractivity (Wildman–Crippen MR) is 105 cm³/mol. The van der Waals surface area contributed by atoms with E-state index in [0.717, 1.165) is 37.8 Å². The third-order valence-corrected chi connectivity index (χ3v) is 4.67. The molecule has 3 aromatic rings. The first kappa shape index (κ1) is 17.9. The summed E-state index contributed by atoms with van der Waals surface area (Å²) < 4.78 is 2.40. The molecular formula is C22H24N2O2. The van der Waals surface area contributed by atoms with Crippen LogP contribution in [0.25, 0.3) is 22.2 Å². The molecule has 1 N–H and O–H groups in total. The highest BCUT2D eigenvalue weighted by Crippen LogP contribution is 2.33. The van der Waals surface area contributed by atoms with Crippen molar-refractivity contribution in [2.24, 2.45) is 0 Å². The molecule has 0 saturated heterocycles. The second-order valence-electron chi connectivity index (χ2n) is 6.47. The SMILES string of the molecule is Cc1c(-c2cccnc2)n(CCCCC/C=C/C(=O)O)c2ccccc12. The van der Waals surface area contributed by atoms with Gasteiger partial charge in [0.2, 0.25) is 0 Å². The van der Waals surface area contributed by atoms with E-state index < -0.39 is 5.97 Å².